The van der Waals surface area contributed by atoms with E-state index in [2.05, 4.69) is 32.6 Å². The summed E-state index contributed by atoms with van der Waals surface area (Å²) < 4.78 is 16.9. The van der Waals surface area contributed by atoms with E-state index in [1.54, 1.807) is 7.05 Å². The lowest BCUT2D eigenvalue weighted by atomic mass is 9.47. The lowest BCUT2D eigenvalue weighted by molar-refractivity contribution is -0.204. The van der Waals surface area contributed by atoms with Gasteiger partial charge in [-0.3, -0.25) is 19.9 Å². The van der Waals surface area contributed by atoms with Crippen LogP contribution in [0.2, 0.25) is 0 Å². The zero-order valence-electron chi connectivity index (χ0n) is 36.3. The maximum Gasteiger partial charge on any atom is 0.425 e. The molecule has 0 unspecified atom stereocenters. The number of aliphatic hydroxyl groups excluding tert-OH is 1. The Balaban J connectivity index is 1.46. The van der Waals surface area contributed by atoms with E-state index in [0.29, 0.717) is 86.7 Å². The third-order valence-electron chi connectivity index (χ3n) is 15.3. The van der Waals surface area contributed by atoms with Crippen LogP contribution >= 0.6 is 0 Å². The van der Waals surface area contributed by atoms with Crippen molar-refractivity contribution >= 4 is 34.6 Å². The minimum atomic E-state index is -2.50. The summed E-state index contributed by atoms with van der Waals surface area (Å²) in [6.45, 7) is 13.5. The van der Waals surface area contributed by atoms with Crippen LogP contribution < -0.4 is 20.5 Å². The normalized spacial score (nSPS) is 33.3. The molecule has 6 N–H and O–H groups in total. The number of esters is 1. The van der Waals surface area contributed by atoms with Crippen LogP contribution in [0.1, 0.15) is 68.8 Å². The SMILES string of the molecule is C=C1C[C@@](O)(CC)CN(CC)CCc2c([nH]c3ccccc23)[C@@]1(C(=O)OC)c1cc2c(cc1OC)N(C)[C@H]1[C@@](O)(C(=O)NNC(=O)OC)[C@H](O)[C@]3(CC)C=CCN4CC[C@]21[C@@H]43. The fourth-order valence-corrected chi connectivity index (χ4v) is 12.5. The van der Waals surface area contributed by atoms with Crippen molar-refractivity contribution in [1.29, 1.82) is 0 Å². The number of benzene rings is 2. The molecule has 2 aromatic carbocycles. The number of aromatic nitrogens is 1. The van der Waals surface area contributed by atoms with Gasteiger partial charge in [0, 0.05) is 77.5 Å². The van der Waals surface area contributed by atoms with E-state index >= 15 is 4.79 Å². The van der Waals surface area contributed by atoms with Crippen molar-refractivity contribution in [2.45, 2.75) is 93.1 Å². The maximum atomic E-state index is 15.4. The second kappa shape index (κ2) is 15.2. The minimum Gasteiger partial charge on any atom is -0.496 e. The van der Waals surface area contributed by atoms with Gasteiger partial charge in [0.1, 0.15) is 11.9 Å². The number of hydrazine groups is 1. The number of β-amino-alcohol motifs (C(OH)–C–C–N with tert-alkyl or cyclic N) is 1. The molecule has 15 nitrogen and oxygen atoms in total. The topological polar surface area (TPSA) is 189 Å². The number of rotatable bonds is 7. The van der Waals surface area contributed by atoms with Gasteiger partial charge >= 0.3 is 12.1 Å². The molecule has 5 aliphatic rings. The molecular weight excluding hydrogens is 781 g/mol. The molecule has 1 saturated carbocycles. The van der Waals surface area contributed by atoms with Crippen LogP contribution in [0.5, 0.6) is 5.75 Å². The van der Waals surface area contributed by atoms with Crippen molar-refractivity contribution in [2.75, 3.05) is 66.0 Å². The molecule has 328 valence electrons. The molecule has 1 aromatic heterocycles. The van der Waals surface area contributed by atoms with Crippen LogP contribution in [0.4, 0.5) is 10.5 Å². The van der Waals surface area contributed by atoms with Gasteiger partial charge < -0.3 is 44.3 Å². The van der Waals surface area contributed by atoms with Gasteiger partial charge in [-0.25, -0.2) is 10.2 Å². The highest BCUT2D eigenvalue weighted by Crippen LogP contribution is 2.67. The Hall–Kier alpha value is -4.93. The van der Waals surface area contributed by atoms with Crippen molar-refractivity contribution in [3.63, 3.8) is 0 Å². The molecule has 1 aliphatic carbocycles. The lowest BCUT2D eigenvalue weighted by Crippen LogP contribution is -2.82. The molecule has 61 heavy (non-hydrogen) atoms. The largest absolute Gasteiger partial charge is 0.496 e. The number of hydrogen-bond donors (Lipinski definition) is 6. The van der Waals surface area contributed by atoms with Gasteiger partial charge in [-0.15, -0.1) is 0 Å². The van der Waals surface area contributed by atoms with Crippen LogP contribution in [0.25, 0.3) is 10.9 Å². The van der Waals surface area contributed by atoms with Crippen molar-refractivity contribution in [2.24, 2.45) is 5.41 Å². The van der Waals surface area contributed by atoms with E-state index in [4.69, 9.17) is 20.8 Å². The highest BCUT2D eigenvalue weighted by atomic mass is 16.5. The quantitative estimate of drug-likeness (QED) is 0.116. The number of amides is 2. The average Bonchev–Trinajstić information content (AvgIpc) is 3.92. The summed E-state index contributed by atoms with van der Waals surface area (Å²) in [5, 5.41) is 39.2. The Morgan fingerprint density at radius 3 is 2.41 bits per heavy atom. The number of nitrogens with one attached hydrogen (secondary N) is 3. The first-order valence-electron chi connectivity index (χ1n) is 21.4. The molecule has 15 heteroatoms. The van der Waals surface area contributed by atoms with Crippen LogP contribution in [0.15, 0.2) is 60.7 Å². The number of carbonyl (C=O) groups is 3. The van der Waals surface area contributed by atoms with E-state index in [1.165, 1.54) is 14.2 Å². The molecule has 2 amide bonds. The summed E-state index contributed by atoms with van der Waals surface area (Å²) in [4.78, 5) is 52.2. The lowest BCUT2D eigenvalue weighted by Gasteiger charge is -2.63. The Bertz CT molecular complexity index is 2310. The van der Waals surface area contributed by atoms with E-state index < -0.39 is 63.6 Å². The summed E-state index contributed by atoms with van der Waals surface area (Å²) in [5.74, 6) is -1.29. The summed E-state index contributed by atoms with van der Waals surface area (Å²) in [6, 6.07) is 10.3. The highest BCUT2D eigenvalue weighted by molar-refractivity contribution is 5.98. The van der Waals surface area contributed by atoms with Crippen molar-refractivity contribution in [3.05, 3.63) is 83.1 Å². The first-order chi connectivity index (χ1) is 29.1. The van der Waals surface area contributed by atoms with Gasteiger partial charge in [0.25, 0.3) is 5.91 Å². The van der Waals surface area contributed by atoms with Crippen molar-refractivity contribution in [1.82, 2.24) is 25.6 Å². The summed E-state index contributed by atoms with van der Waals surface area (Å²) in [5.41, 5.74) is 1.43. The van der Waals surface area contributed by atoms with Crippen LogP contribution in [-0.4, -0.2) is 139 Å². The number of nitrogens with zero attached hydrogens (tertiary/aromatic N) is 3. The number of hydrogen-bond acceptors (Lipinski definition) is 12. The molecule has 0 bridgehead atoms. The van der Waals surface area contributed by atoms with E-state index in [0.717, 1.165) is 29.1 Å². The third-order valence-corrected chi connectivity index (χ3v) is 15.3. The number of H-pyrrole nitrogens is 1. The van der Waals surface area contributed by atoms with Gasteiger partial charge in [0.2, 0.25) is 0 Å². The van der Waals surface area contributed by atoms with E-state index in [1.807, 2.05) is 67.3 Å². The fraction of sp³-hybridized carbons (Fsp3) is 0.543. The molecule has 2 fully saturated rings. The second-order valence-corrected chi connectivity index (χ2v) is 17.7. The zero-order valence-corrected chi connectivity index (χ0v) is 36.3. The highest BCUT2D eigenvalue weighted by Gasteiger charge is 2.79. The molecule has 5 heterocycles. The number of methoxy groups -OCH3 is 3. The molecule has 1 spiro atoms. The molecule has 3 aromatic rings. The Morgan fingerprint density at radius 1 is 0.984 bits per heavy atom. The third kappa shape index (κ3) is 5.69. The first-order valence-corrected chi connectivity index (χ1v) is 21.4. The van der Waals surface area contributed by atoms with Gasteiger partial charge in [0.05, 0.1) is 33.0 Å². The number of para-hydroxylation sites is 1. The number of carbonyl (C=O) groups excluding carboxylic acids is 3. The van der Waals surface area contributed by atoms with Gasteiger partial charge in [-0.2, -0.15) is 0 Å². The predicted octanol–water partition coefficient (Wildman–Crippen LogP) is 3.19. The number of aromatic amines is 1. The summed E-state index contributed by atoms with van der Waals surface area (Å²) >= 11 is 0. The number of fused-ring (bicyclic) bond motifs is 4. The first kappa shape index (κ1) is 42.7. The van der Waals surface area contributed by atoms with Gasteiger partial charge in [-0.1, -0.05) is 57.7 Å². The molecule has 0 radical (unpaired) electrons. The monoisotopic (exact) mass is 840 g/mol. The number of ether oxygens (including phenoxy) is 3. The van der Waals surface area contributed by atoms with E-state index in [-0.39, 0.29) is 6.42 Å². The van der Waals surface area contributed by atoms with Crippen molar-refractivity contribution in [3.8, 4) is 5.75 Å². The van der Waals surface area contributed by atoms with Crippen molar-refractivity contribution < 1.29 is 43.9 Å². The fourth-order valence-electron chi connectivity index (χ4n) is 12.5. The predicted molar refractivity (Wildman–Crippen MR) is 229 cm³/mol. The Kier molecular flexibility index (Phi) is 10.6. The molecular formula is C46H60N6O9. The number of anilines is 1. The van der Waals surface area contributed by atoms with Crippen LogP contribution in [0.3, 0.4) is 0 Å². The molecule has 8 rings (SSSR count). The molecule has 8 atom stereocenters. The maximum absolute atomic E-state index is 15.4. The smallest absolute Gasteiger partial charge is 0.425 e. The van der Waals surface area contributed by atoms with Gasteiger partial charge in [-0.05, 0) is 74.0 Å². The van der Waals surface area contributed by atoms with Crippen LogP contribution in [-0.2, 0) is 36.3 Å². The number of likely N-dealkylation sites (N-methyl/N-ethyl adjacent to an activating group) is 2. The average molecular weight is 841 g/mol. The number of aliphatic hydroxyl groups is 3. The standard InChI is InChI=1S/C46H60N6O9/c1-9-42(57)25-27(4)45(40(55)60-7,35-29(17-21-51(11-3)26-42)28-15-12-13-16-32(28)47-35)31-23-30-33(24-34(31)59-6)50(5)37-44(30)19-22-52-20-14-18-43(10-2,36(44)52)38(53)46(37,58)39(54)48-49-41(56)61-8/h12-16,18,23-24,36-38,47,53,57-58H,4,9-11,17,19-22,25-26H2,1-3,5-8H3,(H,48,54)(H,49,56)/t36-,37+,38+,42-,43+,44+,45-,46-/m0/s1. The Labute approximate surface area is 356 Å². The van der Waals surface area contributed by atoms with Crippen LogP contribution in [0, 0.1) is 5.41 Å². The second-order valence-electron chi connectivity index (χ2n) is 17.7. The van der Waals surface area contributed by atoms with Gasteiger partial charge in [0.15, 0.2) is 11.0 Å². The summed E-state index contributed by atoms with van der Waals surface area (Å²) in [7, 11) is 5.82. The minimum absolute atomic E-state index is 0.0528. The molecule has 1 saturated heterocycles. The Morgan fingerprint density at radius 2 is 1.74 bits per heavy atom. The molecule has 4 aliphatic heterocycles. The summed E-state index contributed by atoms with van der Waals surface area (Å²) in [6.07, 6.45) is 3.20. The van der Waals surface area contributed by atoms with E-state index in [9.17, 15) is 24.9 Å². The zero-order chi connectivity index (χ0) is 43.9.